The van der Waals surface area contributed by atoms with Crippen molar-refractivity contribution < 1.29 is 9.47 Å². The first kappa shape index (κ1) is 12.9. The highest BCUT2D eigenvalue weighted by Crippen LogP contribution is 2.32. The van der Waals surface area contributed by atoms with E-state index in [9.17, 15) is 0 Å². The number of aromatic nitrogens is 3. The maximum Gasteiger partial charge on any atom is 0.324 e. The van der Waals surface area contributed by atoms with Gasteiger partial charge in [-0.3, -0.25) is 0 Å². The third-order valence-corrected chi connectivity index (χ3v) is 2.61. The predicted molar refractivity (Wildman–Crippen MR) is 68.0 cm³/mol. The van der Waals surface area contributed by atoms with Gasteiger partial charge in [-0.1, -0.05) is 12.8 Å². The molecule has 2 rings (SSSR count). The number of ether oxygens (including phenoxy) is 2. The zero-order valence-corrected chi connectivity index (χ0v) is 11.1. The SMILES string of the molecule is CNc1nc(OCCC2CC2)nc(OC(C)C)n1. The van der Waals surface area contributed by atoms with E-state index in [-0.39, 0.29) is 6.10 Å². The van der Waals surface area contributed by atoms with E-state index in [0.717, 1.165) is 12.3 Å². The fourth-order valence-electron chi connectivity index (χ4n) is 1.50. The topological polar surface area (TPSA) is 69.2 Å². The number of nitrogens with one attached hydrogen (secondary N) is 1. The van der Waals surface area contributed by atoms with Gasteiger partial charge >= 0.3 is 12.0 Å². The van der Waals surface area contributed by atoms with Gasteiger partial charge in [-0.2, -0.15) is 9.97 Å². The van der Waals surface area contributed by atoms with Crippen molar-refractivity contribution in [2.24, 2.45) is 5.92 Å². The Labute approximate surface area is 107 Å². The molecule has 0 unspecified atom stereocenters. The molecular formula is C12H20N4O2. The molecule has 1 saturated carbocycles. The molecule has 0 amide bonds. The summed E-state index contributed by atoms with van der Waals surface area (Å²) < 4.78 is 11.0. The van der Waals surface area contributed by atoms with Gasteiger partial charge in [-0.05, 0) is 26.2 Å². The Hall–Kier alpha value is -1.59. The molecule has 18 heavy (non-hydrogen) atoms. The van der Waals surface area contributed by atoms with Crippen LogP contribution in [0.5, 0.6) is 12.0 Å². The lowest BCUT2D eigenvalue weighted by Crippen LogP contribution is -2.12. The molecule has 0 atom stereocenters. The molecule has 6 nitrogen and oxygen atoms in total. The highest BCUT2D eigenvalue weighted by atomic mass is 16.5. The Bertz CT molecular complexity index is 394. The van der Waals surface area contributed by atoms with E-state index in [2.05, 4.69) is 20.3 Å². The largest absolute Gasteiger partial charge is 0.463 e. The summed E-state index contributed by atoms with van der Waals surface area (Å²) in [5.74, 6) is 1.30. The first-order valence-corrected chi connectivity index (χ1v) is 6.40. The van der Waals surface area contributed by atoms with E-state index in [1.165, 1.54) is 12.8 Å². The van der Waals surface area contributed by atoms with E-state index in [0.29, 0.717) is 24.6 Å². The minimum absolute atomic E-state index is 0.0245. The van der Waals surface area contributed by atoms with Crippen LogP contribution in [0, 0.1) is 5.92 Å². The summed E-state index contributed by atoms with van der Waals surface area (Å²) in [6, 6.07) is 0.622. The van der Waals surface area contributed by atoms with E-state index in [1.54, 1.807) is 7.05 Å². The predicted octanol–water partition coefficient (Wildman–Crippen LogP) is 1.88. The maximum absolute atomic E-state index is 5.54. The standard InChI is InChI=1S/C12H20N4O2/c1-8(2)18-12-15-10(13-3)14-11(16-12)17-7-6-9-4-5-9/h8-9H,4-7H2,1-3H3,(H,13,14,15,16). The molecule has 1 aliphatic rings. The Kier molecular flexibility index (Phi) is 4.17. The van der Waals surface area contributed by atoms with Gasteiger partial charge in [0.05, 0.1) is 12.7 Å². The molecule has 1 heterocycles. The van der Waals surface area contributed by atoms with Crippen LogP contribution in [0.25, 0.3) is 0 Å². The third kappa shape index (κ3) is 4.01. The molecule has 0 aliphatic heterocycles. The highest BCUT2D eigenvalue weighted by Gasteiger charge is 2.21. The summed E-state index contributed by atoms with van der Waals surface area (Å²) in [4.78, 5) is 12.4. The number of rotatable bonds is 7. The number of nitrogens with zero attached hydrogens (tertiary/aromatic N) is 3. The number of hydrogen-bond acceptors (Lipinski definition) is 6. The molecule has 0 aromatic carbocycles. The maximum atomic E-state index is 5.54. The van der Waals surface area contributed by atoms with E-state index in [4.69, 9.17) is 9.47 Å². The van der Waals surface area contributed by atoms with Gasteiger partial charge in [0.25, 0.3) is 0 Å². The second-order valence-electron chi connectivity index (χ2n) is 4.72. The molecular weight excluding hydrogens is 232 g/mol. The Morgan fingerprint density at radius 2 is 1.94 bits per heavy atom. The van der Waals surface area contributed by atoms with Crippen LogP contribution in [0.2, 0.25) is 0 Å². The van der Waals surface area contributed by atoms with Gasteiger partial charge in [0.2, 0.25) is 5.95 Å². The zero-order valence-electron chi connectivity index (χ0n) is 11.1. The molecule has 1 aromatic heterocycles. The molecule has 1 N–H and O–H groups in total. The fourth-order valence-corrected chi connectivity index (χ4v) is 1.50. The van der Waals surface area contributed by atoms with Crippen LogP contribution in [0.3, 0.4) is 0 Å². The summed E-state index contributed by atoms with van der Waals surface area (Å²) in [5.41, 5.74) is 0. The van der Waals surface area contributed by atoms with Gasteiger partial charge in [0.15, 0.2) is 0 Å². The van der Waals surface area contributed by atoms with Crippen molar-refractivity contribution in [1.82, 2.24) is 15.0 Å². The Morgan fingerprint density at radius 1 is 1.22 bits per heavy atom. The second kappa shape index (κ2) is 5.84. The Balaban J connectivity index is 1.97. The minimum atomic E-state index is 0.0245. The van der Waals surface area contributed by atoms with E-state index < -0.39 is 0 Å². The van der Waals surface area contributed by atoms with Gasteiger partial charge in [0, 0.05) is 7.05 Å². The molecule has 1 fully saturated rings. The van der Waals surface area contributed by atoms with Crippen molar-refractivity contribution in [3.63, 3.8) is 0 Å². The van der Waals surface area contributed by atoms with Crippen LogP contribution in [0.15, 0.2) is 0 Å². The van der Waals surface area contributed by atoms with Crippen molar-refractivity contribution >= 4 is 5.95 Å². The monoisotopic (exact) mass is 252 g/mol. The van der Waals surface area contributed by atoms with Crippen LogP contribution in [-0.4, -0.2) is 34.7 Å². The zero-order chi connectivity index (χ0) is 13.0. The normalized spacial score (nSPS) is 14.7. The van der Waals surface area contributed by atoms with Crippen molar-refractivity contribution in [2.45, 2.75) is 39.2 Å². The molecule has 0 bridgehead atoms. The average molecular weight is 252 g/mol. The van der Waals surface area contributed by atoms with Gasteiger partial charge in [-0.25, -0.2) is 0 Å². The molecule has 0 spiro atoms. The van der Waals surface area contributed by atoms with Crippen LogP contribution in [0.1, 0.15) is 33.1 Å². The molecule has 100 valence electrons. The smallest absolute Gasteiger partial charge is 0.324 e. The molecule has 6 heteroatoms. The van der Waals surface area contributed by atoms with Gasteiger partial charge < -0.3 is 14.8 Å². The first-order valence-electron chi connectivity index (χ1n) is 6.40. The minimum Gasteiger partial charge on any atom is -0.463 e. The lowest BCUT2D eigenvalue weighted by molar-refractivity contribution is 0.212. The first-order chi connectivity index (χ1) is 8.67. The van der Waals surface area contributed by atoms with Crippen molar-refractivity contribution in [3.8, 4) is 12.0 Å². The third-order valence-electron chi connectivity index (χ3n) is 2.61. The van der Waals surface area contributed by atoms with E-state index >= 15 is 0 Å². The summed E-state index contributed by atoms with van der Waals surface area (Å²) in [6.45, 7) is 4.51. The van der Waals surface area contributed by atoms with Crippen LogP contribution >= 0.6 is 0 Å². The van der Waals surface area contributed by atoms with Gasteiger partial charge in [0.1, 0.15) is 0 Å². The molecule has 1 aliphatic carbocycles. The fraction of sp³-hybridized carbons (Fsp3) is 0.750. The van der Waals surface area contributed by atoms with Crippen LogP contribution in [0.4, 0.5) is 5.95 Å². The number of hydrogen-bond donors (Lipinski definition) is 1. The molecule has 1 aromatic rings. The average Bonchev–Trinajstić information content (AvgIpc) is 3.12. The molecule has 0 radical (unpaired) electrons. The highest BCUT2D eigenvalue weighted by molar-refractivity contribution is 5.26. The quantitative estimate of drug-likeness (QED) is 0.799. The van der Waals surface area contributed by atoms with Crippen molar-refractivity contribution in [2.75, 3.05) is 19.0 Å². The van der Waals surface area contributed by atoms with Gasteiger partial charge in [-0.15, -0.1) is 4.98 Å². The molecule has 0 saturated heterocycles. The second-order valence-corrected chi connectivity index (χ2v) is 4.72. The number of anilines is 1. The summed E-state index contributed by atoms with van der Waals surface area (Å²) in [7, 11) is 1.75. The summed E-state index contributed by atoms with van der Waals surface area (Å²) >= 11 is 0. The van der Waals surface area contributed by atoms with Crippen LogP contribution in [-0.2, 0) is 0 Å². The Morgan fingerprint density at radius 3 is 2.56 bits per heavy atom. The lowest BCUT2D eigenvalue weighted by atomic mass is 10.3. The van der Waals surface area contributed by atoms with Crippen LogP contribution < -0.4 is 14.8 Å². The van der Waals surface area contributed by atoms with Crippen molar-refractivity contribution in [1.29, 1.82) is 0 Å². The lowest BCUT2D eigenvalue weighted by Gasteiger charge is -2.10. The van der Waals surface area contributed by atoms with E-state index in [1.807, 2.05) is 13.8 Å². The summed E-state index contributed by atoms with van der Waals surface area (Å²) in [5, 5.41) is 2.87. The van der Waals surface area contributed by atoms with Crippen molar-refractivity contribution in [3.05, 3.63) is 0 Å². The summed E-state index contributed by atoms with van der Waals surface area (Å²) in [6.07, 6.45) is 3.74.